The highest BCUT2D eigenvalue weighted by Gasteiger charge is 2.12. The van der Waals surface area contributed by atoms with Crippen LogP contribution in [0.3, 0.4) is 0 Å². The summed E-state index contributed by atoms with van der Waals surface area (Å²) in [6, 6.07) is 8.21. The third kappa shape index (κ3) is 2.27. The molecule has 0 aromatic heterocycles. The number of benzene rings is 1. The van der Waals surface area contributed by atoms with Crippen molar-refractivity contribution in [2.75, 3.05) is 0 Å². The Kier molecular flexibility index (Phi) is 2.83. The first-order chi connectivity index (χ1) is 6.45. The lowest BCUT2D eigenvalue weighted by molar-refractivity contribution is 0.590. The summed E-state index contributed by atoms with van der Waals surface area (Å²) in [4.78, 5) is 0. The molecule has 0 aliphatic heterocycles. The molecule has 0 saturated carbocycles. The zero-order valence-corrected chi connectivity index (χ0v) is 9.09. The van der Waals surface area contributed by atoms with Crippen molar-refractivity contribution in [3.05, 3.63) is 47.7 Å². The predicted molar refractivity (Wildman–Crippen MR) is 61.9 cm³/mol. The van der Waals surface area contributed by atoms with Crippen LogP contribution in [0.25, 0.3) is 5.70 Å². The van der Waals surface area contributed by atoms with Gasteiger partial charge in [-0.05, 0) is 11.0 Å². The second-order valence-electron chi connectivity index (χ2n) is 4.42. The van der Waals surface area contributed by atoms with Gasteiger partial charge < -0.3 is 5.73 Å². The Bertz CT molecular complexity index is 359. The fourth-order valence-corrected chi connectivity index (χ4v) is 1.25. The Balaban J connectivity index is 3.07. The van der Waals surface area contributed by atoms with Crippen LogP contribution < -0.4 is 5.73 Å². The fourth-order valence-electron chi connectivity index (χ4n) is 1.25. The zero-order chi connectivity index (χ0) is 10.8. The second kappa shape index (κ2) is 3.73. The molecule has 0 amide bonds. The molecule has 0 radical (unpaired) electrons. The molecule has 0 heterocycles. The van der Waals surface area contributed by atoms with Gasteiger partial charge >= 0.3 is 0 Å². The summed E-state index contributed by atoms with van der Waals surface area (Å²) in [5.41, 5.74) is 11.5. The van der Waals surface area contributed by atoms with Crippen LogP contribution in [0.5, 0.6) is 0 Å². The molecule has 1 aromatic rings. The molecule has 1 rings (SSSR count). The van der Waals surface area contributed by atoms with Crippen molar-refractivity contribution in [2.24, 2.45) is 5.73 Å². The molecule has 1 heteroatoms. The van der Waals surface area contributed by atoms with Gasteiger partial charge in [0.25, 0.3) is 0 Å². The topological polar surface area (TPSA) is 26.0 Å². The Morgan fingerprint density at radius 1 is 1.21 bits per heavy atom. The lowest BCUT2D eigenvalue weighted by atomic mass is 9.86. The maximum Gasteiger partial charge on any atom is 0.0815 e. The summed E-state index contributed by atoms with van der Waals surface area (Å²) in [6.45, 7) is 10.1. The van der Waals surface area contributed by atoms with Gasteiger partial charge in [-0.3, -0.25) is 0 Å². The largest absolute Gasteiger partial charge is 0.392 e. The molecule has 0 aliphatic carbocycles. The van der Waals surface area contributed by atoms with Gasteiger partial charge in [-0.2, -0.15) is 0 Å². The van der Waals surface area contributed by atoms with Gasteiger partial charge in [0.15, 0.2) is 0 Å². The van der Waals surface area contributed by atoms with E-state index >= 15 is 0 Å². The van der Waals surface area contributed by atoms with Crippen LogP contribution in [0.2, 0.25) is 0 Å². The highest BCUT2D eigenvalue weighted by Crippen LogP contribution is 2.22. The molecule has 0 saturated heterocycles. The summed E-state index contributed by atoms with van der Waals surface area (Å²) < 4.78 is 0. The summed E-state index contributed by atoms with van der Waals surface area (Å²) in [5.74, 6) is 0. The Morgan fingerprint density at radius 2 is 1.71 bits per heavy atom. The van der Waals surface area contributed by atoms with E-state index < -0.39 is 0 Å². The third-order valence-electron chi connectivity index (χ3n) is 2.25. The average molecular weight is 187 g/mol. The molecule has 14 heavy (non-hydrogen) atoms. The van der Waals surface area contributed by atoms with Gasteiger partial charge in [0.1, 0.15) is 0 Å². The van der Waals surface area contributed by atoms with E-state index in [0.717, 1.165) is 5.56 Å². The number of rotatable bonds is 1. The second-order valence-corrected chi connectivity index (χ2v) is 4.42. The van der Waals surface area contributed by atoms with E-state index in [1.807, 2.05) is 12.1 Å². The molecule has 0 atom stereocenters. The van der Waals surface area contributed by atoms with Gasteiger partial charge in [0, 0.05) is 5.56 Å². The Hall–Kier alpha value is -1.46. The fraction of sp³-hybridized carbons (Fsp3) is 0.308. The van der Waals surface area contributed by atoms with E-state index in [2.05, 4.69) is 45.2 Å². The van der Waals surface area contributed by atoms with Crippen LogP contribution in [0, 0.1) is 0 Å². The van der Waals surface area contributed by atoms with E-state index in [0.29, 0.717) is 5.70 Å². The van der Waals surface area contributed by atoms with E-state index in [1.165, 1.54) is 5.56 Å². The Morgan fingerprint density at radius 3 is 2.07 bits per heavy atom. The van der Waals surface area contributed by atoms with Gasteiger partial charge in [0.2, 0.25) is 0 Å². The normalized spacial score (nSPS) is 10.8. The molecule has 0 fully saturated rings. The maximum absolute atomic E-state index is 5.70. The van der Waals surface area contributed by atoms with Crippen molar-refractivity contribution in [2.45, 2.75) is 26.2 Å². The molecular weight excluding hydrogens is 170 g/mol. The molecular formula is C13H17N. The number of hydrogen-bond acceptors (Lipinski definition) is 1. The van der Waals surface area contributed by atoms with E-state index in [1.54, 1.807) is 0 Å². The summed E-state index contributed by atoms with van der Waals surface area (Å²) in [5, 5.41) is 0. The van der Waals surface area contributed by atoms with Crippen LogP contribution >= 0.6 is 0 Å². The average Bonchev–Trinajstić information content (AvgIpc) is 2.15. The highest BCUT2D eigenvalue weighted by atomic mass is 14.6. The van der Waals surface area contributed by atoms with Gasteiger partial charge in [-0.1, -0.05) is 51.6 Å². The van der Waals surface area contributed by atoms with Crippen LogP contribution in [-0.4, -0.2) is 0 Å². The van der Waals surface area contributed by atoms with Crippen molar-refractivity contribution >= 4 is 5.70 Å². The van der Waals surface area contributed by atoms with Gasteiger partial charge in [-0.15, -0.1) is 5.73 Å². The van der Waals surface area contributed by atoms with E-state index in [4.69, 9.17) is 5.73 Å². The summed E-state index contributed by atoms with van der Waals surface area (Å²) in [6.07, 6.45) is 0. The smallest absolute Gasteiger partial charge is 0.0815 e. The maximum atomic E-state index is 5.70. The highest BCUT2D eigenvalue weighted by molar-refractivity contribution is 5.61. The first kappa shape index (κ1) is 10.6. The van der Waals surface area contributed by atoms with E-state index in [-0.39, 0.29) is 5.41 Å². The molecule has 0 spiro atoms. The minimum absolute atomic E-state index is 0.186. The van der Waals surface area contributed by atoms with Crippen molar-refractivity contribution in [1.82, 2.24) is 0 Å². The Labute approximate surface area is 85.9 Å². The van der Waals surface area contributed by atoms with Crippen LogP contribution in [0.1, 0.15) is 31.9 Å². The van der Waals surface area contributed by atoms with Crippen molar-refractivity contribution in [3.63, 3.8) is 0 Å². The third-order valence-corrected chi connectivity index (χ3v) is 2.25. The molecule has 0 aliphatic rings. The first-order valence-electron chi connectivity index (χ1n) is 4.71. The SMILES string of the molecule is C=C=C(N)c1ccc(C(C)(C)C)cc1. The lowest BCUT2D eigenvalue weighted by Gasteiger charge is -2.19. The monoisotopic (exact) mass is 187 g/mol. The van der Waals surface area contributed by atoms with Crippen molar-refractivity contribution in [1.29, 1.82) is 0 Å². The molecule has 2 N–H and O–H groups in total. The molecule has 74 valence electrons. The first-order valence-corrected chi connectivity index (χ1v) is 4.71. The van der Waals surface area contributed by atoms with Gasteiger partial charge in [-0.25, -0.2) is 0 Å². The van der Waals surface area contributed by atoms with Crippen LogP contribution in [-0.2, 0) is 5.41 Å². The minimum Gasteiger partial charge on any atom is -0.392 e. The quantitative estimate of drug-likeness (QED) is 0.672. The standard InChI is InChI=1S/C13H17N/c1-5-12(14)10-6-8-11(9-7-10)13(2,3)4/h6-9H,1,14H2,2-4H3. The van der Waals surface area contributed by atoms with Crippen molar-refractivity contribution in [3.8, 4) is 0 Å². The molecule has 1 nitrogen and oxygen atoms in total. The lowest BCUT2D eigenvalue weighted by Crippen LogP contribution is -2.10. The predicted octanol–water partition coefficient (Wildman–Crippen LogP) is 3.07. The van der Waals surface area contributed by atoms with Crippen molar-refractivity contribution < 1.29 is 0 Å². The van der Waals surface area contributed by atoms with Gasteiger partial charge in [0.05, 0.1) is 5.70 Å². The van der Waals surface area contributed by atoms with Crippen LogP contribution in [0.15, 0.2) is 36.6 Å². The molecule has 0 bridgehead atoms. The van der Waals surface area contributed by atoms with Crippen LogP contribution in [0.4, 0.5) is 0 Å². The zero-order valence-electron chi connectivity index (χ0n) is 9.09. The minimum atomic E-state index is 0.186. The summed E-state index contributed by atoms with van der Waals surface area (Å²) >= 11 is 0. The van der Waals surface area contributed by atoms with E-state index in [9.17, 15) is 0 Å². The number of nitrogens with two attached hydrogens (primary N) is 1. The summed E-state index contributed by atoms with van der Waals surface area (Å²) in [7, 11) is 0. The molecule has 0 unspecified atom stereocenters. The number of hydrogen-bond donors (Lipinski definition) is 1. The molecule has 1 aromatic carbocycles.